The van der Waals surface area contributed by atoms with Gasteiger partial charge in [0.05, 0.1) is 12.1 Å². The zero-order chi connectivity index (χ0) is 13.4. The summed E-state index contributed by atoms with van der Waals surface area (Å²) in [6, 6.07) is -0.112. The number of hydrogen-bond acceptors (Lipinski definition) is 3. The van der Waals surface area contributed by atoms with Gasteiger partial charge < -0.3 is 15.4 Å². The van der Waals surface area contributed by atoms with E-state index in [4.69, 9.17) is 4.74 Å². The first kappa shape index (κ1) is 15.4. The molecule has 4 heteroatoms. The van der Waals surface area contributed by atoms with Crippen molar-refractivity contribution in [3.05, 3.63) is 0 Å². The van der Waals surface area contributed by atoms with Crippen LogP contribution in [-0.4, -0.2) is 37.7 Å². The highest BCUT2D eigenvalue weighted by Gasteiger charge is 2.16. The molecule has 1 aliphatic rings. The average Bonchev–Trinajstić information content (AvgIpc) is 2.81. The van der Waals surface area contributed by atoms with Gasteiger partial charge in [0.15, 0.2) is 0 Å². The lowest BCUT2D eigenvalue weighted by Gasteiger charge is -2.16. The summed E-state index contributed by atoms with van der Waals surface area (Å²) in [5, 5.41) is 6.21. The summed E-state index contributed by atoms with van der Waals surface area (Å²) in [6.45, 7) is 8.76. The molecule has 106 valence electrons. The first-order chi connectivity index (χ1) is 8.59. The van der Waals surface area contributed by atoms with Gasteiger partial charge in [0.25, 0.3) is 0 Å². The monoisotopic (exact) mass is 256 g/mol. The predicted octanol–water partition coefficient (Wildman–Crippen LogP) is 1.70. The van der Waals surface area contributed by atoms with Crippen molar-refractivity contribution in [3.63, 3.8) is 0 Å². The van der Waals surface area contributed by atoms with E-state index in [9.17, 15) is 4.79 Å². The zero-order valence-electron chi connectivity index (χ0n) is 12.0. The fraction of sp³-hybridized carbons (Fsp3) is 0.929. The highest BCUT2D eigenvalue weighted by Crippen LogP contribution is 2.14. The SMILES string of the molecule is CC(C)CCNC(=O)C(C)NCCC1CCCO1. The molecule has 0 saturated carbocycles. The predicted molar refractivity (Wildman–Crippen MR) is 73.5 cm³/mol. The summed E-state index contributed by atoms with van der Waals surface area (Å²) >= 11 is 0. The summed E-state index contributed by atoms with van der Waals surface area (Å²) in [5.74, 6) is 0.732. The first-order valence-corrected chi connectivity index (χ1v) is 7.22. The maximum absolute atomic E-state index is 11.7. The van der Waals surface area contributed by atoms with Gasteiger partial charge in [-0.05, 0) is 45.1 Å². The Morgan fingerprint density at radius 2 is 2.11 bits per heavy atom. The molecule has 1 aliphatic heterocycles. The Kier molecular flexibility index (Phi) is 7.28. The molecule has 2 unspecified atom stereocenters. The first-order valence-electron chi connectivity index (χ1n) is 7.22. The van der Waals surface area contributed by atoms with E-state index < -0.39 is 0 Å². The van der Waals surface area contributed by atoms with Crippen LogP contribution in [0.3, 0.4) is 0 Å². The minimum Gasteiger partial charge on any atom is -0.378 e. The number of amides is 1. The smallest absolute Gasteiger partial charge is 0.236 e. The van der Waals surface area contributed by atoms with Crippen LogP contribution in [0.1, 0.15) is 46.5 Å². The lowest BCUT2D eigenvalue weighted by Crippen LogP contribution is -2.43. The third-order valence-electron chi connectivity index (χ3n) is 3.36. The fourth-order valence-electron chi connectivity index (χ4n) is 2.06. The Hall–Kier alpha value is -0.610. The van der Waals surface area contributed by atoms with Crippen LogP contribution in [0.4, 0.5) is 0 Å². The van der Waals surface area contributed by atoms with Crippen molar-refractivity contribution in [1.82, 2.24) is 10.6 Å². The van der Waals surface area contributed by atoms with Crippen LogP contribution in [0, 0.1) is 5.92 Å². The van der Waals surface area contributed by atoms with Crippen LogP contribution in [0.15, 0.2) is 0 Å². The van der Waals surface area contributed by atoms with Gasteiger partial charge in [-0.25, -0.2) is 0 Å². The Balaban J connectivity index is 2.03. The molecule has 1 heterocycles. The van der Waals surface area contributed by atoms with Gasteiger partial charge in [0, 0.05) is 13.2 Å². The fourth-order valence-corrected chi connectivity index (χ4v) is 2.06. The minimum atomic E-state index is -0.112. The molecule has 18 heavy (non-hydrogen) atoms. The van der Waals surface area contributed by atoms with E-state index in [1.54, 1.807) is 0 Å². The van der Waals surface area contributed by atoms with Crippen LogP contribution >= 0.6 is 0 Å². The molecule has 0 spiro atoms. The molecule has 4 nitrogen and oxygen atoms in total. The molecular formula is C14H28N2O2. The normalized spacial score (nSPS) is 21.2. The van der Waals surface area contributed by atoms with E-state index in [1.807, 2.05) is 6.92 Å². The third-order valence-corrected chi connectivity index (χ3v) is 3.36. The van der Waals surface area contributed by atoms with Crippen molar-refractivity contribution in [2.24, 2.45) is 5.92 Å². The number of rotatable bonds is 8. The number of hydrogen-bond donors (Lipinski definition) is 2. The Morgan fingerprint density at radius 1 is 1.33 bits per heavy atom. The van der Waals surface area contributed by atoms with E-state index in [2.05, 4.69) is 24.5 Å². The molecular weight excluding hydrogens is 228 g/mol. The Labute approximate surface area is 111 Å². The van der Waals surface area contributed by atoms with Crippen LogP contribution in [0.25, 0.3) is 0 Å². The average molecular weight is 256 g/mol. The number of carbonyl (C=O) groups excluding carboxylic acids is 1. The summed E-state index contributed by atoms with van der Waals surface area (Å²) in [7, 11) is 0. The lowest BCUT2D eigenvalue weighted by atomic mass is 10.1. The summed E-state index contributed by atoms with van der Waals surface area (Å²) < 4.78 is 5.55. The van der Waals surface area contributed by atoms with Crippen LogP contribution in [0.2, 0.25) is 0 Å². The minimum absolute atomic E-state index is 0.1000. The molecule has 1 rings (SSSR count). The highest BCUT2D eigenvalue weighted by atomic mass is 16.5. The molecule has 0 aliphatic carbocycles. The van der Waals surface area contributed by atoms with Crippen LogP contribution in [-0.2, 0) is 9.53 Å². The van der Waals surface area contributed by atoms with Gasteiger partial charge in [0.2, 0.25) is 5.91 Å². The van der Waals surface area contributed by atoms with Gasteiger partial charge in [-0.3, -0.25) is 4.79 Å². The van der Waals surface area contributed by atoms with E-state index in [0.29, 0.717) is 12.0 Å². The summed E-state index contributed by atoms with van der Waals surface area (Å²) in [5.41, 5.74) is 0. The molecule has 2 atom stereocenters. The van der Waals surface area contributed by atoms with E-state index >= 15 is 0 Å². The van der Waals surface area contributed by atoms with E-state index in [-0.39, 0.29) is 11.9 Å². The lowest BCUT2D eigenvalue weighted by molar-refractivity contribution is -0.122. The molecule has 0 aromatic carbocycles. The maximum Gasteiger partial charge on any atom is 0.236 e. The van der Waals surface area contributed by atoms with Gasteiger partial charge in [-0.2, -0.15) is 0 Å². The molecule has 1 amide bonds. The van der Waals surface area contributed by atoms with Crippen LogP contribution < -0.4 is 10.6 Å². The topological polar surface area (TPSA) is 50.4 Å². The largest absolute Gasteiger partial charge is 0.378 e. The van der Waals surface area contributed by atoms with Gasteiger partial charge in [-0.15, -0.1) is 0 Å². The summed E-state index contributed by atoms with van der Waals surface area (Å²) in [4.78, 5) is 11.7. The molecule has 2 N–H and O–H groups in total. The second-order valence-electron chi connectivity index (χ2n) is 5.57. The number of nitrogens with one attached hydrogen (secondary N) is 2. The molecule has 1 saturated heterocycles. The second-order valence-corrected chi connectivity index (χ2v) is 5.57. The number of carbonyl (C=O) groups is 1. The van der Waals surface area contributed by atoms with Crippen molar-refractivity contribution < 1.29 is 9.53 Å². The van der Waals surface area contributed by atoms with Gasteiger partial charge >= 0.3 is 0 Å². The van der Waals surface area contributed by atoms with E-state index in [1.165, 1.54) is 6.42 Å². The van der Waals surface area contributed by atoms with Crippen molar-refractivity contribution in [2.45, 2.75) is 58.6 Å². The van der Waals surface area contributed by atoms with Crippen molar-refractivity contribution >= 4 is 5.91 Å². The van der Waals surface area contributed by atoms with Crippen molar-refractivity contribution in [2.75, 3.05) is 19.7 Å². The van der Waals surface area contributed by atoms with Gasteiger partial charge in [-0.1, -0.05) is 13.8 Å². The quantitative estimate of drug-likeness (QED) is 0.695. The van der Waals surface area contributed by atoms with Gasteiger partial charge in [0.1, 0.15) is 0 Å². The molecule has 0 radical (unpaired) electrons. The second kappa shape index (κ2) is 8.48. The Morgan fingerprint density at radius 3 is 2.72 bits per heavy atom. The standard InChI is InChI=1S/C14H28N2O2/c1-11(2)6-8-16-14(17)12(3)15-9-7-13-5-4-10-18-13/h11-13,15H,4-10H2,1-3H3,(H,16,17). The van der Waals surface area contributed by atoms with Crippen molar-refractivity contribution in [3.8, 4) is 0 Å². The molecule has 0 aromatic heterocycles. The molecule has 1 fully saturated rings. The maximum atomic E-state index is 11.7. The summed E-state index contributed by atoms with van der Waals surface area (Å²) in [6.07, 6.45) is 4.78. The van der Waals surface area contributed by atoms with Crippen LogP contribution in [0.5, 0.6) is 0 Å². The number of ether oxygens (including phenoxy) is 1. The third kappa shape index (κ3) is 6.36. The molecule has 0 bridgehead atoms. The zero-order valence-corrected chi connectivity index (χ0v) is 12.0. The highest BCUT2D eigenvalue weighted by molar-refractivity contribution is 5.81. The molecule has 0 aromatic rings. The van der Waals surface area contributed by atoms with Crippen molar-refractivity contribution in [1.29, 1.82) is 0 Å². The Bertz CT molecular complexity index is 238. The van der Waals surface area contributed by atoms with E-state index in [0.717, 1.165) is 39.0 Å².